The van der Waals surface area contributed by atoms with Crippen LogP contribution in [0.2, 0.25) is 0 Å². The molecular formula is C16H16N4O. The van der Waals surface area contributed by atoms with E-state index in [1.165, 1.54) is 0 Å². The number of anilines is 1. The van der Waals surface area contributed by atoms with Crippen LogP contribution in [0.4, 0.5) is 5.69 Å². The molecule has 0 aliphatic rings. The van der Waals surface area contributed by atoms with Crippen molar-refractivity contribution < 1.29 is 4.79 Å². The van der Waals surface area contributed by atoms with Gasteiger partial charge in [-0.2, -0.15) is 0 Å². The molecule has 1 amide bonds. The number of nitrogens with one attached hydrogen (secondary N) is 2. The molecule has 0 saturated heterocycles. The summed E-state index contributed by atoms with van der Waals surface area (Å²) in [6, 6.07) is 10.9. The van der Waals surface area contributed by atoms with Crippen LogP contribution in [0.5, 0.6) is 0 Å². The average molecular weight is 280 g/mol. The number of pyridine rings is 1. The van der Waals surface area contributed by atoms with Crippen LogP contribution in [0.1, 0.15) is 5.56 Å². The standard InChI is InChI=1S/C16H16N4O/c17-14(16(21)20-12-4-3-7-18-10-12)8-11-9-19-15-6-2-1-5-13(11)15/h1-7,9-10,14,19H,8,17H2,(H,20,21)/t14-/m0/s1. The maximum atomic E-state index is 12.1. The lowest BCUT2D eigenvalue weighted by molar-refractivity contribution is -0.117. The maximum absolute atomic E-state index is 12.1. The summed E-state index contributed by atoms with van der Waals surface area (Å²) in [5.41, 5.74) is 8.74. The van der Waals surface area contributed by atoms with Crippen LogP contribution in [0, 0.1) is 0 Å². The monoisotopic (exact) mass is 280 g/mol. The minimum absolute atomic E-state index is 0.215. The van der Waals surface area contributed by atoms with Gasteiger partial charge in [0.25, 0.3) is 0 Å². The van der Waals surface area contributed by atoms with E-state index in [4.69, 9.17) is 5.73 Å². The minimum Gasteiger partial charge on any atom is -0.361 e. The predicted molar refractivity (Wildman–Crippen MR) is 82.8 cm³/mol. The van der Waals surface area contributed by atoms with Crippen molar-refractivity contribution in [3.05, 3.63) is 60.6 Å². The quantitative estimate of drug-likeness (QED) is 0.684. The van der Waals surface area contributed by atoms with Crippen molar-refractivity contribution in [3.63, 3.8) is 0 Å². The van der Waals surface area contributed by atoms with E-state index in [-0.39, 0.29) is 5.91 Å². The highest BCUT2D eigenvalue weighted by molar-refractivity contribution is 5.95. The number of hydrogen-bond donors (Lipinski definition) is 3. The lowest BCUT2D eigenvalue weighted by atomic mass is 10.1. The molecular weight excluding hydrogens is 264 g/mol. The fourth-order valence-corrected chi connectivity index (χ4v) is 2.30. The summed E-state index contributed by atoms with van der Waals surface area (Å²) in [6.45, 7) is 0. The van der Waals surface area contributed by atoms with Crippen molar-refractivity contribution in [2.45, 2.75) is 12.5 Å². The maximum Gasteiger partial charge on any atom is 0.241 e. The summed E-state index contributed by atoms with van der Waals surface area (Å²) in [7, 11) is 0. The number of carbonyl (C=O) groups is 1. The highest BCUT2D eigenvalue weighted by atomic mass is 16.2. The van der Waals surface area contributed by atoms with Gasteiger partial charge in [0.2, 0.25) is 5.91 Å². The van der Waals surface area contributed by atoms with Gasteiger partial charge in [0.05, 0.1) is 17.9 Å². The van der Waals surface area contributed by atoms with Crippen LogP contribution >= 0.6 is 0 Å². The Morgan fingerprint density at radius 2 is 2.14 bits per heavy atom. The summed E-state index contributed by atoms with van der Waals surface area (Å²) in [5, 5.41) is 3.86. The molecule has 0 fully saturated rings. The Hall–Kier alpha value is -2.66. The van der Waals surface area contributed by atoms with E-state index in [1.807, 2.05) is 30.5 Å². The number of aromatic nitrogens is 2. The first-order valence-corrected chi connectivity index (χ1v) is 6.75. The Kier molecular flexibility index (Phi) is 3.66. The molecule has 5 heteroatoms. The Labute approximate surface area is 122 Å². The molecule has 2 aromatic heterocycles. The van der Waals surface area contributed by atoms with E-state index in [2.05, 4.69) is 15.3 Å². The van der Waals surface area contributed by atoms with Crippen LogP contribution in [0.15, 0.2) is 55.0 Å². The van der Waals surface area contributed by atoms with Gasteiger partial charge >= 0.3 is 0 Å². The molecule has 4 N–H and O–H groups in total. The summed E-state index contributed by atoms with van der Waals surface area (Å²) < 4.78 is 0. The van der Waals surface area contributed by atoms with Crippen LogP contribution in [-0.2, 0) is 11.2 Å². The molecule has 0 aliphatic carbocycles. The van der Waals surface area contributed by atoms with Gasteiger partial charge in [-0.1, -0.05) is 18.2 Å². The fraction of sp³-hybridized carbons (Fsp3) is 0.125. The molecule has 3 aromatic rings. The first-order valence-electron chi connectivity index (χ1n) is 6.75. The molecule has 0 radical (unpaired) electrons. The number of rotatable bonds is 4. The number of nitrogens with two attached hydrogens (primary N) is 1. The molecule has 1 aromatic carbocycles. The second-order valence-electron chi connectivity index (χ2n) is 4.90. The number of nitrogens with zero attached hydrogens (tertiary/aromatic N) is 1. The van der Waals surface area contributed by atoms with Crippen molar-refractivity contribution in [2.75, 3.05) is 5.32 Å². The molecule has 1 atom stereocenters. The van der Waals surface area contributed by atoms with Gasteiger partial charge < -0.3 is 16.0 Å². The van der Waals surface area contributed by atoms with E-state index < -0.39 is 6.04 Å². The van der Waals surface area contributed by atoms with E-state index in [0.717, 1.165) is 16.5 Å². The van der Waals surface area contributed by atoms with E-state index in [0.29, 0.717) is 12.1 Å². The summed E-state index contributed by atoms with van der Waals surface area (Å²) in [6.07, 6.45) is 5.63. The Balaban J connectivity index is 1.71. The molecule has 2 heterocycles. The van der Waals surface area contributed by atoms with Crippen LogP contribution in [0.3, 0.4) is 0 Å². The number of para-hydroxylation sites is 1. The van der Waals surface area contributed by atoms with Crippen molar-refractivity contribution >= 4 is 22.5 Å². The lowest BCUT2D eigenvalue weighted by Gasteiger charge is -2.11. The number of aromatic amines is 1. The topological polar surface area (TPSA) is 83.8 Å². The highest BCUT2D eigenvalue weighted by Gasteiger charge is 2.16. The smallest absolute Gasteiger partial charge is 0.241 e. The molecule has 0 saturated carbocycles. The average Bonchev–Trinajstić information content (AvgIpc) is 2.91. The van der Waals surface area contributed by atoms with Gasteiger partial charge in [-0.15, -0.1) is 0 Å². The highest BCUT2D eigenvalue weighted by Crippen LogP contribution is 2.19. The zero-order valence-electron chi connectivity index (χ0n) is 11.4. The van der Waals surface area contributed by atoms with Gasteiger partial charge in [0.1, 0.15) is 0 Å². The largest absolute Gasteiger partial charge is 0.361 e. The number of hydrogen-bond acceptors (Lipinski definition) is 3. The van der Waals surface area contributed by atoms with Gasteiger partial charge in [-0.25, -0.2) is 0 Å². The van der Waals surface area contributed by atoms with Crippen molar-refractivity contribution in [1.82, 2.24) is 9.97 Å². The molecule has 0 unspecified atom stereocenters. The predicted octanol–water partition coefficient (Wildman–Crippen LogP) is 2.07. The van der Waals surface area contributed by atoms with E-state index >= 15 is 0 Å². The number of H-pyrrole nitrogens is 1. The SMILES string of the molecule is N[C@@H](Cc1c[nH]c2ccccc12)C(=O)Nc1cccnc1. The molecule has 5 nitrogen and oxygen atoms in total. The van der Waals surface area contributed by atoms with Crippen molar-refractivity contribution in [3.8, 4) is 0 Å². The molecule has 21 heavy (non-hydrogen) atoms. The van der Waals surface area contributed by atoms with E-state index in [1.54, 1.807) is 24.5 Å². The van der Waals surface area contributed by atoms with Crippen LogP contribution in [0.25, 0.3) is 10.9 Å². The third-order valence-electron chi connectivity index (χ3n) is 3.38. The normalized spacial score (nSPS) is 12.2. The number of fused-ring (bicyclic) bond motifs is 1. The van der Waals surface area contributed by atoms with Crippen molar-refractivity contribution in [1.29, 1.82) is 0 Å². The van der Waals surface area contributed by atoms with Gasteiger partial charge in [0, 0.05) is 23.3 Å². The second-order valence-corrected chi connectivity index (χ2v) is 4.90. The fourth-order valence-electron chi connectivity index (χ4n) is 2.30. The Bertz CT molecular complexity index is 751. The molecule has 0 bridgehead atoms. The van der Waals surface area contributed by atoms with E-state index in [9.17, 15) is 4.79 Å². The summed E-state index contributed by atoms with van der Waals surface area (Å²) in [5.74, 6) is -0.215. The zero-order valence-corrected chi connectivity index (χ0v) is 11.4. The third-order valence-corrected chi connectivity index (χ3v) is 3.38. The van der Waals surface area contributed by atoms with Gasteiger partial charge in [-0.3, -0.25) is 9.78 Å². The summed E-state index contributed by atoms with van der Waals surface area (Å²) in [4.78, 5) is 19.2. The molecule has 106 valence electrons. The first kappa shape index (κ1) is 13.3. The number of amides is 1. The third kappa shape index (κ3) is 2.93. The zero-order chi connectivity index (χ0) is 14.7. The first-order chi connectivity index (χ1) is 10.2. The molecule has 0 aliphatic heterocycles. The second kappa shape index (κ2) is 5.76. The lowest BCUT2D eigenvalue weighted by Crippen LogP contribution is -2.37. The summed E-state index contributed by atoms with van der Waals surface area (Å²) >= 11 is 0. The Morgan fingerprint density at radius 3 is 2.95 bits per heavy atom. The van der Waals surface area contributed by atoms with Gasteiger partial charge in [-0.05, 0) is 30.2 Å². The minimum atomic E-state index is -0.607. The molecule has 3 rings (SSSR count). The van der Waals surface area contributed by atoms with Crippen LogP contribution in [-0.4, -0.2) is 21.9 Å². The van der Waals surface area contributed by atoms with Crippen LogP contribution < -0.4 is 11.1 Å². The van der Waals surface area contributed by atoms with Gasteiger partial charge in [0.15, 0.2) is 0 Å². The number of carbonyl (C=O) groups excluding carboxylic acids is 1. The number of benzene rings is 1. The Morgan fingerprint density at radius 1 is 1.29 bits per heavy atom. The molecule has 0 spiro atoms. The van der Waals surface area contributed by atoms with Crippen molar-refractivity contribution in [2.24, 2.45) is 5.73 Å².